The molecular weight excluding hydrogens is 271 g/mol. The van der Waals surface area contributed by atoms with Crippen molar-refractivity contribution in [3.05, 3.63) is 24.4 Å². The lowest BCUT2D eigenvalue weighted by Gasteiger charge is -2.16. The van der Waals surface area contributed by atoms with E-state index in [0.717, 1.165) is 35.8 Å². The largest absolute Gasteiger partial charge is 0.388 e. The van der Waals surface area contributed by atoms with Gasteiger partial charge in [0, 0.05) is 32.0 Å². The highest BCUT2D eigenvalue weighted by atomic mass is 31.0. The van der Waals surface area contributed by atoms with Gasteiger partial charge in [-0.15, -0.1) is 14.3 Å². The Morgan fingerprint density at radius 1 is 1.60 bits per heavy atom. The average Bonchev–Trinajstić information content (AvgIpc) is 3.00. The van der Waals surface area contributed by atoms with Crippen LogP contribution in [0, 0.1) is 0 Å². The van der Waals surface area contributed by atoms with Crippen LogP contribution in [0.15, 0.2) is 18.8 Å². The summed E-state index contributed by atoms with van der Waals surface area (Å²) >= 11 is 0. The molecule has 1 fully saturated rings. The molecule has 3 N–H and O–H groups in total. The standard InChI is InChI=1S/C13H19N6P/c1-8(15-2)11-12(14)17-19-6-4-10(16-13(11)19)18-5-3-9(20)7-18/h4,6,9,15H,1,3,5,7,20H2,2H3,(H2,14,17). The highest BCUT2D eigenvalue weighted by Gasteiger charge is 2.21. The molecule has 0 amide bonds. The second kappa shape index (κ2) is 4.94. The minimum absolute atomic E-state index is 0.444. The number of anilines is 2. The topological polar surface area (TPSA) is 71.5 Å². The second-order valence-corrected chi connectivity index (χ2v) is 5.98. The summed E-state index contributed by atoms with van der Waals surface area (Å²) in [6.45, 7) is 6.01. The molecule has 0 aliphatic carbocycles. The van der Waals surface area contributed by atoms with Gasteiger partial charge in [0.1, 0.15) is 5.82 Å². The summed E-state index contributed by atoms with van der Waals surface area (Å²) in [7, 11) is 4.69. The Bertz CT molecular complexity index is 664. The predicted molar refractivity (Wildman–Crippen MR) is 85.8 cm³/mol. The minimum Gasteiger partial charge on any atom is -0.388 e. The molecule has 1 saturated heterocycles. The molecule has 2 aromatic rings. The van der Waals surface area contributed by atoms with Crippen molar-refractivity contribution in [2.75, 3.05) is 30.8 Å². The molecule has 0 spiro atoms. The fourth-order valence-corrected chi connectivity index (χ4v) is 2.93. The van der Waals surface area contributed by atoms with Gasteiger partial charge in [-0.25, -0.2) is 9.50 Å². The molecule has 7 heteroatoms. The fourth-order valence-electron chi connectivity index (χ4n) is 2.52. The highest BCUT2D eigenvalue weighted by Crippen LogP contribution is 2.26. The van der Waals surface area contributed by atoms with Gasteiger partial charge in [-0.05, 0) is 18.1 Å². The van der Waals surface area contributed by atoms with Crippen LogP contribution in [0.2, 0.25) is 0 Å². The molecule has 106 valence electrons. The molecule has 2 unspecified atom stereocenters. The van der Waals surface area contributed by atoms with E-state index in [9.17, 15) is 0 Å². The van der Waals surface area contributed by atoms with Crippen molar-refractivity contribution in [1.82, 2.24) is 19.9 Å². The molecule has 3 heterocycles. The van der Waals surface area contributed by atoms with Crippen LogP contribution in [0.5, 0.6) is 0 Å². The zero-order chi connectivity index (χ0) is 14.3. The molecule has 0 saturated carbocycles. The Labute approximate surface area is 120 Å². The maximum absolute atomic E-state index is 5.97. The molecule has 3 rings (SSSR count). The lowest BCUT2D eigenvalue weighted by atomic mass is 10.2. The monoisotopic (exact) mass is 290 g/mol. The molecule has 2 atom stereocenters. The van der Waals surface area contributed by atoms with Gasteiger partial charge in [0.25, 0.3) is 0 Å². The Kier molecular flexibility index (Phi) is 3.26. The molecule has 1 aliphatic rings. The Hall–Kier alpha value is -1.81. The van der Waals surface area contributed by atoms with Crippen molar-refractivity contribution in [2.45, 2.75) is 12.1 Å². The predicted octanol–water partition coefficient (Wildman–Crippen LogP) is 0.955. The summed E-state index contributed by atoms with van der Waals surface area (Å²) in [6, 6.07) is 1.98. The number of nitrogens with two attached hydrogens (primary N) is 1. The third-order valence-electron chi connectivity index (χ3n) is 3.65. The van der Waals surface area contributed by atoms with E-state index >= 15 is 0 Å². The van der Waals surface area contributed by atoms with E-state index in [4.69, 9.17) is 10.7 Å². The third kappa shape index (κ3) is 2.10. The van der Waals surface area contributed by atoms with Crippen LogP contribution >= 0.6 is 9.24 Å². The SMILES string of the molecule is C=C(NC)c1c(N)nn2ccc(N3CCC(P)C3)nc12. The van der Waals surface area contributed by atoms with Gasteiger partial charge < -0.3 is 16.0 Å². The summed E-state index contributed by atoms with van der Waals surface area (Å²) in [6.07, 6.45) is 3.08. The van der Waals surface area contributed by atoms with Crippen LogP contribution < -0.4 is 16.0 Å². The normalized spacial score (nSPS) is 18.7. The molecule has 0 aromatic carbocycles. The molecule has 0 radical (unpaired) electrons. The van der Waals surface area contributed by atoms with E-state index in [1.165, 1.54) is 6.42 Å². The molecule has 20 heavy (non-hydrogen) atoms. The van der Waals surface area contributed by atoms with Gasteiger partial charge in [-0.3, -0.25) is 0 Å². The molecule has 0 bridgehead atoms. The summed E-state index contributed by atoms with van der Waals surface area (Å²) in [5.41, 5.74) is 8.85. The lowest BCUT2D eigenvalue weighted by molar-refractivity contribution is 0.901. The first-order chi connectivity index (χ1) is 9.60. The van der Waals surface area contributed by atoms with Gasteiger partial charge >= 0.3 is 0 Å². The number of nitrogens with zero attached hydrogens (tertiary/aromatic N) is 4. The first kappa shape index (κ1) is 13.2. The van der Waals surface area contributed by atoms with Crippen LogP contribution in [0.25, 0.3) is 11.3 Å². The van der Waals surface area contributed by atoms with Gasteiger partial charge in [0.2, 0.25) is 0 Å². The van der Waals surface area contributed by atoms with Crippen LogP contribution in [0.3, 0.4) is 0 Å². The van der Waals surface area contributed by atoms with Crippen molar-refractivity contribution in [2.24, 2.45) is 0 Å². The van der Waals surface area contributed by atoms with Gasteiger partial charge in [0.05, 0.1) is 5.56 Å². The lowest BCUT2D eigenvalue weighted by Crippen LogP contribution is -2.21. The fraction of sp³-hybridized carbons (Fsp3) is 0.385. The maximum atomic E-state index is 5.97. The van der Waals surface area contributed by atoms with Crippen molar-refractivity contribution >= 4 is 32.2 Å². The van der Waals surface area contributed by atoms with Crippen molar-refractivity contribution in [3.63, 3.8) is 0 Å². The zero-order valence-corrected chi connectivity index (χ0v) is 12.7. The number of aromatic nitrogens is 3. The van der Waals surface area contributed by atoms with E-state index < -0.39 is 0 Å². The van der Waals surface area contributed by atoms with Crippen molar-refractivity contribution in [1.29, 1.82) is 0 Å². The number of hydrogen-bond donors (Lipinski definition) is 2. The van der Waals surface area contributed by atoms with E-state index in [-0.39, 0.29) is 0 Å². The molecule has 2 aromatic heterocycles. The quantitative estimate of drug-likeness (QED) is 0.824. The summed E-state index contributed by atoms with van der Waals surface area (Å²) < 4.78 is 1.70. The van der Waals surface area contributed by atoms with Crippen molar-refractivity contribution in [3.8, 4) is 0 Å². The van der Waals surface area contributed by atoms with Crippen molar-refractivity contribution < 1.29 is 0 Å². The number of nitrogen functional groups attached to an aromatic ring is 1. The van der Waals surface area contributed by atoms with E-state index in [1.807, 2.05) is 19.3 Å². The van der Waals surface area contributed by atoms with E-state index in [0.29, 0.717) is 11.5 Å². The van der Waals surface area contributed by atoms with Crippen LogP contribution in [0.1, 0.15) is 12.0 Å². The van der Waals surface area contributed by atoms with Gasteiger partial charge in [-0.1, -0.05) is 6.58 Å². The molecule has 6 nitrogen and oxygen atoms in total. The van der Waals surface area contributed by atoms with Crippen LogP contribution in [-0.2, 0) is 0 Å². The van der Waals surface area contributed by atoms with E-state index in [1.54, 1.807) is 4.52 Å². The van der Waals surface area contributed by atoms with Crippen LogP contribution in [0.4, 0.5) is 11.6 Å². The highest BCUT2D eigenvalue weighted by molar-refractivity contribution is 7.17. The number of rotatable bonds is 3. The number of fused-ring (bicyclic) bond motifs is 1. The molecular formula is C13H19N6P. The summed E-state index contributed by atoms with van der Waals surface area (Å²) in [5.74, 6) is 1.41. The number of hydrogen-bond acceptors (Lipinski definition) is 5. The number of nitrogens with one attached hydrogen (secondary N) is 1. The van der Waals surface area contributed by atoms with Crippen LogP contribution in [-0.4, -0.2) is 40.4 Å². The third-order valence-corrected chi connectivity index (χ3v) is 4.19. The first-order valence-electron chi connectivity index (χ1n) is 6.62. The first-order valence-corrected chi connectivity index (χ1v) is 7.29. The van der Waals surface area contributed by atoms with E-state index in [2.05, 4.69) is 31.1 Å². The Balaban J connectivity index is 2.07. The average molecular weight is 290 g/mol. The minimum atomic E-state index is 0.444. The van der Waals surface area contributed by atoms with Gasteiger partial charge in [-0.2, -0.15) is 0 Å². The Morgan fingerprint density at radius 3 is 3.05 bits per heavy atom. The second-order valence-electron chi connectivity index (χ2n) is 5.04. The van der Waals surface area contributed by atoms with Gasteiger partial charge in [0.15, 0.2) is 11.5 Å². The summed E-state index contributed by atoms with van der Waals surface area (Å²) in [5, 5.41) is 7.28. The molecule has 1 aliphatic heterocycles. The Morgan fingerprint density at radius 2 is 2.40 bits per heavy atom. The summed E-state index contributed by atoms with van der Waals surface area (Å²) in [4.78, 5) is 7.00. The zero-order valence-electron chi connectivity index (χ0n) is 11.5. The maximum Gasteiger partial charge on any atom is 0.168 e. The smallest absolute Gasteiger partial charge is 0.168 e.